The van der Waals surface area contributed by atoms with Gasteiger partial charge in [-0.25, -0.2) is 13.4 Å². The van der Waals surface area contributed by atoms with Crippen LogP contribution in [0.2, 0.25) is 0 Å². The Morgan fingerprint density at radius 3 is 2.54 bits per heavy atom. The standard InChI is InChI=1S/C8H13NO3S/c1-6(2)13(10,11)5-8-4-9-7(3)12-8/h4,6H,5H2,1-3H3. The molecule has 0 spiro atoms. The molecule has 4 nitrogen and oxygen atoms in total. The molecule has 0 bridgehead atoms. The van der Waals surface area contributed by atoms with Crippen LogP contribution in [-0.4, -0.2) is 18.7 Å². The number of aryl methyl sites for hydroxylation is 1. The Morgan fingerprint density at radius 2 is 2.15 bits per heavy atom. The van der Waals surface area contributed by atoms with E-state index in [1.807, 2.05) is 0 Å². The minimum Gasteiger partial charge on any atom is -0.445 e. The van der Waals surface area contributed by atoms with Crippen molar-refractivity contribution in [3.05, 3.63) is 17.8 Å². The number of hydrogen-bond donors (Lipinski definition) is 0. The molecular formula is C8H13NO3S. The highest BCUT2D eigenvalue weighted by atomic mass is 32.2. The third-order valence-electron chi connectivity index (χ3n) is 1.73. The van der Waals surface area contributed by atoms with Crippen molar-refractivity contribution in [1.82, 2.24) is 4.98 Å². The topological polar surface area (TPSA) is 60.2 Å². The van der Waals surface area contributed by atoms with E-state index in [-0.39, 0.29) is 11.0 Å². The second kappa shape index (κ2) is 3.49. The summed E-state index contributed by atoms with van der Waals surface area (Å²) >= 11 is 0. The van der Waals surface area contributed by atoms with E-state index < -0.39 is 9.84 Å². The molecule has 0 aliphatic carbocycles. The van der Waals surface area contributed by atoms with Crippen molar-refractivity contribution in [2.24, 2.45) is 0 Å². The first kappa shape index (κ1) is 10.2. The lowest BCUT2D eigenvalue weighted by Crippen LogP contribution is -2.15. The lowest BCUT2D eigenvalue weighted by molar-refractivity contribution is 0.485. The van der Waals surface area contributed by atoms with E-state index in [1.54, 1.807) is 20.8 Å². The highest BCUT2D eigenvalue weighted by Gasteiger charge is 2.18. The minimum absolute atomic E-state index is 0.0640. The molecule has 1 heterocycles. The van der Waals surface area contributed by atoms with Gasteiger partial charge >= 0.3 is 0 Å². The molecule has 0 saturated carbocycles. The van der Waals surface area contributed by atoms with Crippen LogP contribution in [0.25, 0.3) is 0 Å². The third-order valence-corrected chi connectivity index (χ3v) is 3.85. The van der Waals surface area contributed by atoms with Gasteiger partial charge in [-0.1, -0.05) is 0 Å². The van der Waals surface area contributed by atoms with Crippen molar-refractivity contribution >= 4 is 9.84 Å². The summed E-state index contributed by atoms with van der Waals surface area (Å²) in [5.74, 6) is 0.839. The van der Waals surface area contributed by atoms with Crippen LogP contribution in [0.1, 0.15) is 25.5 Å². The molecule has 13 heavy (non-hydrogen) atoms. The molecule has 0 unspecified atom stereocenters. The zero-order valence-electron chi connectivity index (χ0n) is 7.94. The lowest BCUT2D eigenvalue weighted by atomic mass is 10.6. The van der Waals surface area contributed by atoms with Gasteiger partial charge in [0.05, 0.1) is 11.4 Å². The fourth-order valence-electron chi connectivity index (χ4n) is 0.837. The van der Waals surface area contributed by atoms with Gasteiger partial charge in [-0.3, -0.25) is 0 Å². The second-order valence-electron chi connectivity index (χ2n) is 3.20. The van der Waals surface area contributed by atoms with Crippen molar-refractivity contribution in [2.75, 3.05) is 0 Å². The van der Waals surface area contributed by atoms with Crippen molar-refractivity contribution < 1.29 is 12.8 Å². The van der Waals surface area contributed by atoms with E-state index in [1.165, 1.54) is 6.20 Å². The van der Waals surface area contributed by atoms with Crippen LogP contribution in [0.15, 0.2) is 10.6 Å². The Kier molecular flexibility index (Phi) is 2.75. The molecule has 0 saturated heterocycles. The van der Waals surface area contributed by atoms with E-state index in [0.717, 1.165) is 0 Å². The summed E-state index contributed by atoms with van der Waals surface area (Å²) in [4.78, 5) is 3.83. The smallest absolute Gasteiger partial charge is 0.191 e. The predicted molar refractivity (Wildman–Crippen MR) is 49.0 cm³/mol. The number of aromatic nitrogens is 1. The molecule has 1 aromatic heterocycles. The highest BCUT2D eigenvalue weighted by molar-refractivity contribution is 7.91. The summed E-state index contributed by atoms with van der Waals surface area (Å²) < 4.78 is 27.9. The summed E-state index contributed by atoms with van der Waals surface area (Å²) in [5, 5.41) is -0.377. The first-order valence-electron chi connectivity index (χ1n) is 4.04. The van der Waals surface area contributed by atoms with E-state index in [9.17, 15) is 8.42 Å². The van der Waals surface area contributed by atoms with Gasteiger partial charge in [0, 0.05) is 6.92 Å². The molecule has 0 radical (unpaired) electrons. The molecule has 0 aromatic carbocycles. The second-order valence-corrected chi connectivity index (χ2v) is 5.76. The molecule has 1 rings (SSSR count). The largest absolute Gasteiger partial charge is 0.445 e. The fraction of sp³-hybridized carbons (Fsp3) is 0.625. The van der Waals surface area contributed by atoms with Crippen molar-refractivity contribution in [3.8, 4) is 0 Å². The molecule has 0 amide bonds. The van der Waals surface area contributed by atoms with Gasteiger partial charge in [0.15, 0.2) is 15.7 Å². The quantitative estimate of drug-likeness (QED) is 0.743. The van der Waals surface area contributed by atoms with E-state index in [4.69, 9.17) is 4.42 Å². The minimum atomic E-state index is -3.07. The van der Waals surface area contributed by atoms with Crippen molar-refractivity contribution in [1.29, 1.82) is 0 Å². The molecule has 0 atom stereocenters. The van der Waals surface area contributed by atoms with Crippen LogP contribution in [0, 0.1) is 6.92 Å². The van der Waals surface area contributed by atoms with Gasteiger partial charge in [-0.2, -0.15) is 0 Å². The monoisotopic (exact) mass is 203 g/mol. The summed E-state index contributed by atoms with van der Waals surface area (Å²) in [6.45, 7) is 4.99. The fourth-order valence-corrected chi connectivity index (χ4v) is 1.70. The van der Waals surface area contributed by atoms with E-state index in [2.05, 4.69) is 4.98 Å². The summed E-state index contributed by atoms with van der Waals surface area (Å²) in [5.41, 5.74) is 0. The summed E-state index contributed by atoms with van der Waals surface area (Å²) in [6.07, 6.45) is 1.45. The number of nitrogens with zero attached hydrogens (tertiary/aromatic N) is 1. The van der Waals surface area contributed by atoms with Gasteiger partial charge in [-0.05, 0) is 13.8 Å². The Hall–Kier alpha value is -0.840. The molecule has 5 heteroatoms. The highest BCUT2D eigenvalue weighted by Crippen LogP contribution is 2.11. The number of oxazole rings is 1. The molecule has 0 aliphatic rings. The first-order valence-corrected chi connectivity index (χ1v) is 5.76. The van der Waals surface area contributed by atoms with Crippen molar-refractivity contribution in [2.45, 2.75) is 31.8 Å². The van der Waals surface area contributed by atoms with Gasteiger partial charge in [0.2, 0.25) is 0 Å². The van der Waals surface area contributed by atoms with Crippen LogP contribution >= 0.6 is 0 Å². The summed E-state index contributed by atoms with van der Waals surface area (Å²) in [6, 6.07) is 0. The Balaban J connectivity index is 2.81. The Labute approximate surface area is 77.9 Å². The predicted octanol–water partition coefficient (Wildman–Crippen LogP) is 1.31. The maximum Gasteiger partial charge on any atom is 0.191 e. The van der Waals surface area contributed by atoms with Crippen LogP contribution in [0.5, 0.6) is 0 Å². The van der Waals surface area contributed by atoms with Crippen molar-refractivity contribution in [3.63, 3.8) is 0 Å². The van der Waals surface area contributed by atoms with Crippen LogP contribution in [-0.2, 0) is 15.6 Å². The van der Waals surface area contributed by atoms with E-state index >= 15 is 0 Å². The molecule has 0 N–H and O–H groups in total. The Bertz CT molecular complexity index is 378. The molecule has 1 aromatic rings. The van der Waals surface area contributed by atoms with Crippen LogP contribution in [0.4, 0.5) is 0 Å². The number of sulfone groups is 1. The Morgan fingerprint density at radius 1 is 1.54 bits per heavy atom. The average molecular weight is 203 g/mol. The molecule has 0 fully saturated rings. The number of hydrogen-bond acceptors (Lipinski definition) is 4. The molecule has 74 valence electrons. The lowest BCUT2D eigenvalue weighted by Gasteiger charge is -2.04. The van der Waals surface area contributed by atoms with Gasteiger partial charge in [0.25, 0.3) is 0 Å². The first-order chi connectivity index (χ1) is 5.92. The average Bonchev–Trinajstić information content (AvgIpc) is 2.34. The summed E-state index contributed by atoms with van der Waals surface area (Å²) in [7, 11) is -3.07. The van der Waals surface area contributed by atoms with Crippen LogP contribution < -0.4 is 0 Å². The maximum absolute atomic E-state index is 11.4. The zero-order chi connectivity index (χ0) is 10.1. The maximum atomic E-state index is 11.4. The van der Waals surface area contributed by atoms with Crippen LogP contribution in [0.3, 0.4) is 0 Å². The zero-order valence-corrected chi connectivity index (χ0v) is 8.76. The SMILES string of the molecule is Cc1ncc(CS(=O)(=O)C(C)C)o1. The van der Waals surface area contributed by atoms with Gasteiger partial charge < -0.3 is 4.42 Å². The van der Waals surface area contributed by atoms with Gasteiger partial charge in [0.1, 0.15) is 11.5 Å². The molecular weight excluding hydrogens is 190 g/mol. The molecule has 0 aliphatic heterocycles. The third kappa shape index (κ3) is 2.55. The normalized spacial score (nSPS) is 12.3. The van der Waals surface area contributed by atoms with Gasteiger partial charge in [-0.15, -0.1) is 0 Å². The van der Waals surface area contributed by atoms with E-state index in [0.29, 0.717) is 11.7 Å². The number of rotatable bonds is 3.